The number of piperazine rings is 1. The highest BCUT2D eigenvalue weighted by molar-refractivity contribution is 6.30. The largest absolute Gasteiger partial charge is 0.368 e. The number of amides is 1. The van der Waals surface area contributed by atoms with Gasteiger partial charge in [-0.25, -0.2) is 0 Å². The third kappa shape index (κ3) is 4.77. The monoisotopic (exact) mass is 331 g/mol. The molecule has 2 rings (SSSR count). The van der Waals surface area contributed by atoms with Gasteiger partial charge in [-0.1, -0.05) is 24.6 Å². The van der Waals surface area contributed by atoms with E-state index in [0.29, 0.717) is 0 Å². The second-order valence-corrected chi connectivity index (χ2v) is 5.69. The van der Waals surface area contributed by atoms with E-state index in [-0.39, 0.29) is 24.2 Å². The van der Waals surface area contributed by atoms with E-state index >= 15 is 0 Å². The van der Waals surface area contributed by atoms with Crippen LogP contribution in [0.15, 0.2) is 24.3 Å². The van der Waals surface area contributed by atoms with Crippen molar-refractivity contribution in [2.75, 3.05) is 44.7 Å². The van der Waals surface area contributed by atoms with Crippen LogP contribution in [0.25, 0.3) is 0 Å². The van der Waals surface area contributed by atoms with Crippen LogP contribution >= 0.6 is 24.0 Å². The lowest BCUT2D eigenvalue weighted by atomic mass is 10.1. The Morgan fingerprint density at radius 1 is 1.33 bits per heavy atom. The molecule has 4 nitrogen and oxygen atoms in total. The summed E-state index contributed by atoms with van der Waals surface area (Å²) in [5, 5.41) is 3.81. The van der Waals surface area contributed by atoms with Crippen LogP contribution < -0.4 is 10.2 Å². The molecular weight excluding hydrogens is 309 g/mol. The lowest BCUT2D eigenvalue weighted by Crippen LogP contribution is -2.51. The summed E-state index contributed by atoms with van der Waals surface area (Å²) in [5.41, 5.74) is 1.13. The fourth-order valence-corrected chi connectivity index (χ4v) is 2.75. The highest BCUT2D eigenvalue weighted by Crippen LogP contribution is 2.21. The van der Waals surface area contributed by atoms with E-state index in [9.17, 15) is 4.79 Å². The van der Waals surface area contributed by atoms with Gasteiger partial charge in [0.05, 0.1) is 0 Å². The van der Waals surface area contributed by atoms with Gasteiger partial charge in [0.25, 0.3) is 0 Å². The molecule has 0 aromatic heterocycles. The number of nitrogens with one attached hydrogen (secondary N) is 1. The molecule has 1 fully saturated rings. The van der Waals surface area contributed by atoms with Crippen LogP contribution in [0.2, 0.25) is 5.02 Å². The topological polar surface area (TPSA) is 35.6 Å². The van der Waals surface area contributed by atoms with Crippen molar-refractivity contribution in [3.8, 4) is 0 Å². The lowest BCUT2D eigenvalue weighted by Gasteiger charge is -2.37. The van der Waals surface area contributed by atoms with E-state index in [1.807, 2.05) is 37.1 Å². The summed E-state index contributed by atoms with van der Waals surface area (Å²) in [6.45, 7) is 5.98. The van der Waals surface area contributed by atoms with Crippen LogP contribution in [0.4, 0.5) is 5.69 Å². The Bertz CT molecular complexity index is 462. The van der Waals surface area contributed by atoms with Crippen LogP contribution in [0.1, 0.15) is 6.92 Å². The predicted octanol–water partition coefficient (Wildman–Crippen LogP) is 2.27. The fraction of sp³-hybridized carbons (Fsp3) is 0.533. The Morgan fingerprint density at radius 2 is 2.00 bits per heavy atom. The second kappa shape index (κ2) is 8.47. The summed E-state index contributed by atoms with van der Waals surface area (Å²) < 4.78 is 0. The molecule has 21 heavy (non-hydrogen) atoms. The molecule has 1 N–H and O–H groups in total. The zero-order chi connectivity index (χ0) is 14.5. The maximum absolute atomic E-state index is 12.2. The van der Waals surface area contributed by atoms with Crippen LogP contribution in [-0.2, 0) is 4.79 Å². The molecule has 1 unspecified atom stereocenters. The molecule has 1 aromatic rings. The first-order valence-corrected chi connectivity index (χ1v) is 7.43. The van der Waals surface area contributed by atoms with Gasteiger partial charge in [0.2, 0.25) is 5.91 Å². The SMILES string of the molecule is CNCC(C)C(=O)N1CCN(c2cccc(Cl)c2)CC1.Cl. The smallest absolute Gasteiger partial charge is 0.226 e. The summed E-state index contributed by atoms with van der Waals surface area (Å²) in [6, 6.07) is 7.88. The Balaban J connectivity index is 0.00000220. The van der Waals surface area contributed by atoms with Crippen molar-refractivity contribution in [1.82, 2.24) is 10.2 Å². The van der Waals surface area contributed by atoms with Gasteiger partial charge in [0.15, 0.2) is 0 Å². The van der Waals surface area contributed by atoms with E-state index in [0.717, 1.165) is 43.4 Å². The average Bonchev–Trinajstić information content (AvgIpc) is 2.47. The number of benzene rings is 1. The van der Waals surface area contributed by atoms with Crippen LogP contribution in [0.5, 0.6) is 0 Å². The first kappa shape index (κ1) is 18.1. The summed E-state index contributed by atoms with van der Waals surface area (Å²) in [5.74, 6) is 0.280. The number of carbonyl (C=O) groups excluding carboxylic acids is 1. The third-order valence-electron chi connectivity index (χ3n) is 3.70. The number of carbonyl (C=O) groups is 1. The van der Waals surface area contributed by atoms with Crippen molar-refractivity contribution >= 4 is 35.6 Å². The molecule has 0 spiro atoms. The molecule has 1 atom stereocenters. The number of hydrogen-bond donors (Lipinski definition) is 1. The van der Waals surface area contributed by atoms with Crippen molar-refractivity contribution in [2.45, 2.75) is 6.92 Å². The van der Waals surface area contributed by atoms with E-state index in [1.54, 1.807) is 0 Å². The van der Waals surface area contributed by atoms with Gasteiger partial charge in [-0.3, -0.25) is 4.79 Å². The Kier molecular flexibility index (Phi) is 7.29. The molecule has 0 aliphatic carbocycles. The highest BCUT2D eigenvalue weighted by Gasteiger charge is 2.24. The molecule has 1 heterocycles. The van der Waals surface area contributed by atoms with Crippen molar-refractivity contribution in [3.63, 3.8) is 0 Å². The summed E-state index contributed by atoms with van der Waals surface area (Å²) >= 11 is 6.02. The maximum atomic E-state index is 12.2. The number of rotatable bonds is 4. The Hall–Kier alpha value is -0.970. The molecule has 0 saturated carbocycles. The number of hydrogen-bond acceptors (Lipinski definition) is 3. The Morgan fingerprint density at radius 3 is 2.57 bits per heavy atom. The maximum Gasteiger partial charge on any atom is 0.226 e. The summed E-state index contributed by atoms with van der Waals surface area (Å²) in [4.78, 5) is 16.5. The first-order valence-electron chi connectivity index (χ1n) is 7.05. The molecule has 1 aromatic carbocycles. The minimum atomic E-state index is 0. The average molecular weight is 332 g/mol. The quantitative estimate of drug-likeness (QED) is 0.919. The van der Waals surface area contributed by atoms with Crippen molar-refractivity contribution < 1.29 is 4.79 Å². The molecule has 0 radical (unpaired) electrons. The van der Waals surface area contributed by atoms with Crippen molar-refractivity contribution in [1.29, 1.82) is 0 Å². The van der Waals surface area contributed by atoms with Crippen molar-refractivity contribution in [2.24, 2.45) is 5.92 Å². The van der Waals surface area contributed by atoms with E-state index in [1.165, 1.54) is 0 Å². The van der Waals surface area contributed by atoms with E-state index in [4.69, 9.17) is 11.6 Å². The van der Waals surface area contributed by atoms with Gasteiger partial charge in [0, 0.05) is 49.4 Å². The van der Waals surface area contributed by atoms with Gasteiger partial charge < -0.3 is 15.1 Å². The summed E-state index contributed by atoms with van der Waals surface area (Å²) in [7, 11) is 1.88. The van der Waals surface area contributed by atoms with Gasteiger partial charge in [-0.2, -0.15) is 0 Å². The predicted molar refractivity (Wildman–Crippen MR) is 90.6 cm³/mol. The molecule has 1 saturated heterocycles. The molecular formula is C15H23Cl2N3O. The number of halogens is 2. The van der Waals surface area contributed by atoms with Gasteiger partial charge in [-0.05, 0) is 25.2 Å². The molecule has 0 bridgehead atoms. The molecule has 1 aliphatic heterocycles. The molecule has 1 amide bonds. The van der Waals surface area contributed by atoms with Crippen LogP contribution in [0.3, 0.4) is 0 Å². The zero-order valence-electron chi connectivity index (χ0n) is 12.5. The Labute approximate surface area is 137 Å². The minimum Gasteiger partial charge on any atom is -0.368 e. The van der Waals surface area contributed by atoms with Crippen molar-refractivity contribution in [3.05, 3.63) is 29.3 Å². The first-order chi connectivity index (χ1) is 9.61. The van der Waals surface area contributed by atoms with Crippen LogP contribution in [0, 0.1) is 5.92 Å². The normalized spacial score (nSPS) is 16.3. The summed E-state index contributed by atoms with van der Waals surface area (Å²) in [6.07, 6.45) is 0. The molecule has 1 aliphatic rings. The van der Waals surface area contributed by atoms with E-state index < -0.39 is 0 Å². The van der Waals surface area contributed by atoms with Gasteiger partial charge in [0.1, 0.15) is 0 Å². The lowest BCUT2D eigenvalue weighted by molar-refractivity contribution is -0.135. The molecule has 6 heteroatoms. The number of nitrogens with zero attached hydrogens (tertiary/aromatic N) is 2. The zero-order valence-corrected chi connectivity index (χ0v) is 14.1. The standard InChI is InChI=1S/C15H22ClN3O.ClH/c1-12(11-17-2)15(20)19-8-6-18(7-9-19)14-5-3-4-13(16)10-14;/h3-5,10,12,17H,6-9,11H2,1-2H3;1H. The third-order valence-corrected chi connectivity index (χ3v) is 3.93. The second-order valence-electron chi connectivity index (χ2n) is 5.25. The highest BCUT2D eigenvalue weighted by atomic mass is 35.5. The van der Waals surface area contributed by atoms with Gasteiger partial charge >= 0.3 is 0 Å². The van der Waals surface area contributed by atoms with Crippen LogP contribution in [-0.4, -0.2) is 50.6 Å². The van der Waals surface area contributed by atoms with E-state index in [2.05, 4.69) is 16.3 Å². The number of anilines is 1. The fourth-order valence-electron chi connectivity index (χ4n) is 2.56. The molecule has 118 valence electrons. The minimum absolute atomic E-state index is 0. The van der Waals surface area contributed by atoms with Gasteiger partial charge in [-0.15, -0.1) is 12.4 Å².